The molecule has 2 fully saturated rings. The molecule has 0 radical (unpaired) electrons. The van der Waals surface area contributed by atoms with Gasteiger partial charge in [-0.25, -0.2) is 9.97 Å². The zero-order chi connectivity index (χ0) is 23.2. The monoisotopic (exact) mass is 474 g/mol. The number of carbonyl (C=O) groups excluding carboxylic acids is 1. The maximum absolute atomic E-state index is 12.9. The summed E-state index contributed by atoms with van der Waals surface area (Å²) in [6, 6.07) is 20.9. The Kier molecular flexibility index (Phi) is 7.14. The lowest BCUT2D eigenvalue weighted by Crippen LogP contribution is -2.49. The average molecular weight is 475 g/mol. The van der Waals surface area contributed by atoms with Gasteiger partial charge < -0.3 is 19.6 Å². The van der Waals surface area contributed by atoms with Crippen LogP contribution < -0.4 is 14.7 Å². The number of piperazine rings is 2. The van der Waals surface area contributed by atoms with E-state index in [-0.39, 0.29) is 5.91 Å². The van der Waals surface area contributed by atoms with Crippen LogP contribution in [0.5, 0.6) is 0 Å². The minimum Gasteiger partial charge on any atom is -0.368 e. The summed E-state index contributed by atoms with van der Waals surface area (Å²) in [5, 5.41) is 0.840. The first-order chi connectivity index (χ1) is 16.8. The summed E-state index contributed by atoms with van der Waals surface area (Å²) in [6.07, 6.45) is 3.46. The van der Waals surface area contributed by atoms with Gasteiger partial charge in [0.05, 0.1) is 5.75 Å². The Bertz CT molecular complexity index is 1070. The fourth-order valence-corrected chi connectivity index (χ4v) is 5.42. The second-order valence-electron chi connectivity index (χ2n) is 8.49. The van der Waals surface area contributed by atoms with E-state index in [0.29, 0.717) is 5.75 Å². The molecule has 0 saturated carbocycles. The summed E-state index contributed by atoms with van der Waals surface area (Å²) in [5.41, 5.74) is 2.48. The Morgan fingerprint density at radius 2 is 1.18 bits per heavy atom. The lowest BCUT2D eigenvalue weighted by molar-refractivity contribution is -0.128. The number of hydrogen-bond acceptors (Lipinski definition) is 7. The van der Waals surface area contributed by atoms with Crippen LogP contribution in [0, 0.1) is 0 Å². The summed E-state index contributed by atoms with van der Waals surface area (Å²) < 4.78 is 0. The molecule has 7 nitrogen and oxygen atoms in total. The molecule has 0 spiro atoms. The summed E-state index contributed by atoms with van der Waals surface area (Å²) >= 11 is 1.50. The van der Waals surface area contributed by atoms with Gasteiger partial charge in [-0.15, -0.1) is 0 Å². The second-order valence-corrected chi connectivity index (χ2v) is 9.45. The molecule has 8 heteroatoms. The highest BCUT2D eigenvalue weighted by atomic mass is 32.2. The van der Waals surface area contributed by atoms with Crippen molar-refractivity contribution in [2.75, 3.05) is 72.8 Å². The van der Waals surface area contributed by atoms with Gasteiger partial charge in [0.15, 0.2) is 5.82 Å². The highest BCUT2D eigenvalue weighted by Crippen LogP contribution is 2.28. The van der Waals surface area contributed by atoms with E-state index in [0.717, 1.165) is 63.2 Å². The van der Waals surface area contributed by atoms with Crippen LogP contribution in [-0.2, 0) is 4.79 Å². The smallest absolute Gasteiger partial charge is 0.233 e. The van der Waals surface area contributed by atoms with E-state index in [2.05, 4.69) is 73.2 Å². The molecule has 2 saturated heterocycles. The van der Waals surface area contributed by atoms with Crippen molar-refractivity contribution in [3.05, 3.63) is 73.1 Å². The molecule has 3 aromatic rings. The molecule has 1 aromatic heterocycles. The quantitative estimate of drug-likeness (QED) is 0.509. The van der Waals surface area contributed by atoms with Crippen molar-refractivity contribution in [2.45, 2.75) is 5.03 Å². The number of carbonyl (C=O) groups is 1. The van der Waals surface area contributed by atoms with Crippen molar-refractivity contribution >= 4 is 34.9 Å². The van der Waals surface area contributed by atoms with Gasteiger partial charge in [0.2, 0.25) is 5.91 Å². The molecule has 1 amide bonds. The third kappa shape index (κ3) is 5.28. The van der Waals surface area contributed by atoms with Crippen molar-refractivity contribution in [1.82, 2.24) is 14.9 Å². The van der Waals surface area contributed by atoms with Crippen LogP contribution in [-0.4, -0.2) is 78.9 Å². The maximum atomic E-state index is 12.9. The molecule has 176 valence electrons. The zero-order valence-electron chi connectivity index (χ0n) is 19.3. The molecule has 2 aliphatic rings. The topological polar surface area (TPSA) is 55.8 Å². The molecule has 0 aliphatic carbocycles. The average Bonchev–Trinajstić information content (AvgIpc) is 2.93. The molecule has 0 unspecified atom stereocenters. The first kappa shape index (κ1) is 22.5. The number of thioether (sulfide) groups is 1. The van der Waals surface area contributed by atoms with Crippen LogP contribution in [0.2, 0.25) is 0 Å². The fraction of sp³-hybridized carbons (Fsp3) is 0.346. The van der Waals surface area contributed by atoms with Gasteiger partial charge in [0, 0.05) is 76.1 Å². The standard InChI is InChI=1S/C26H30N6OS/c33-24(31-17-13-29(14-18-31)22-7-3-1-4-8-22)21-34-26-25(27-11-12-28-26)32-19-15-30(16-20-32)23-9-5-2-6-10-23/h1-12H,13-21H2. The Morgan fingerprint density at radius 1 is 0.676 bits per heavy atom. The molecule has 0 atom stereocenters. The van der Waals surface area contributed by atoms with E-state index >= 15 is 0 Å². The highest BCUT2D eigenvalue weighted by Gasteiger charge is 2.24. The summed E-state index contributed by atoms with van der Waals surface area (Å²) in [4.78, 5) is 31.1. The van der Waals surface area contributed by atoms with E-state index in [1.54, 1.807) is 12.4 Å². The number of amides is 1. The van der Waals surface area contributed by atoms with Crippen molar-refractivity contribution in [1.29, 1.82) is 0 Å². The fourth-order valence-electron chi connectivity index (χ4n) is 4.53. The molecule has 0 N–H and O–H groups in total. The first-order valence-corrected chi connectivity index (χ1v) is 12.8. The van der Waals surface area contributed by atoms with E-state index in [1.807, 2.05) is 17.0 Å². The lowest BCUT2D eigenvalue weighted by Gasteiger charge is -2.37. The van der Waals surface area contributed by atoms with E-state index in [9.17, 15) is 4.79 Å². The number of nitrogens with zero attached hydrogens (tertiary/aromatic N) is 6. The van der Waals surface area contributed by atoms with Crippen LogP contribution in [0.15, 0.2) is 78.1 Å². The molecule has 5 rings (SSSR count). The third-order valence-electron chi connectivity index (χ3n) is 6.43. The van der Waals surface area contributed by atoms with E-state index in [1.165, 1.54) is 23.1 Å². The van der Waals surface area contributed by atoms with Gasteiger partial charge in [-0.05, 0) is 24.3 Å². The maximum Gasteiger partial charge on any atom is 0.233 e. The number of benzene rings is 2. The van der Waals surface area contributed by atoms with Gasteiger partial charge in [-0.1, -0.05) is 48.2 Å². The predicted molar refractivity (Wildman–Crippen MR) is 139 cm³/mol. The molecule has 2 aromatic carbocycles. The Hall–Kier alpha value is -3.26. The molecule has 34 heavy (non-hydrogen) atoms. The van der Waals surface area contributed by atoms with Gasteiger partial charge >= 0.3 is 0 Å². The Labute approximate surface area is 205 Å². The van der Waals surface area contributed by atoms with E-state index < -0.39 is 0 Å². The molecular formula is C26H30N6OS. The minimum atomic E-state index is 0.170. The van der Waals surface area contributed by atoms with Crippen LogP contribution in [0.25, 0.3) is 0 Å². The second kappa shape index (κ2) is 10.8. The van der Waals surface area contributed by atoms with Gasteiger partial charge in [0.1, 0.15) is 5.03 Å². The lowest BCUT2D eigenvalue weighted by atomic mass is 10.2. The first-order valence-electron chi connectivity index (χ1n) is 11.8. The summed E-state index contributed by atoms with van der Waals surface area (Å²) in [5.74, 6) is 1.45. The van der Waals surface area contributed by atoms with Crippen LogP contribution in [0.1, 0.15) is 0 Å². The van der Waals surface area contributed by atoms with Crippen LogP contribution in [0.3, 0.4) is 0 Å². The highest BCUT2D eigenvalue weighted by molar-refractivity contribution is 8.00. The van der Waals surface area contributed by atoms with Crippen molar-refractivity contribution in [2.24, 2.45) is 0 Å². The van der Waals surface area contributed by atoms with Crippen LogP contribution >= 0.6 is 11.8 Å². The Morgan fingerprint density at radius 3 is 1.76 bits per heavy atom. The summed E-state index contributed by atoms with van der Waals surface area (Å²) in [7, 11) is 0. The number of hydrogen-bond donors (Lipinski definition) is 0. The van der Waals surface area contributed by atoms with Crippen molar-refractivity contribution < 1.29 is 4.79 Å². The van der Waals surface area contributed by atoms with Gasteiger partial charge in [-0.2, -0.15) is 0 Å². The van der Waals surface area contributed by atoms with E-state index in [4.69, 9.17) is 0 Å². The van der Waals surface area contributed by atoms with Crippen molar-refractivity contribution in [3.63, 3.8) is 0 Å². The normalized spacial score (nSPS) is 16.6. The third-order valence-corrected chi connectivity index (χ3v) is 7.39. The molecule has 3 heterocycles. The number of anilines is 3. The SMILES string of the molecule is O=C(CSc1nccnc1N1CCN(c2ccccc2)CC1)N1CCN(c2ccccc2)CC1. The zero-order valence-corrected chi connectivity index (χ0v) is 20.1. The van der Waals surface area contributed by atoms with Gasteiger partial charge in [-0.3, -0.25) is 4.79 Å². The van der Waals surface area contributed by atoms with Gasteiger partial charge in [0.25, 0.3) is 0 Å². The predicted octanol–water partition coefficient (Wildman–Crippen LogP) is 3.24. The number of para-hydroxylation sites is 2. The number of rotatable bonds is 6. The number of aromatic nitrogens is 2. The van der Waals surface area contributed by atoms with Crippen LogP contribution in [0.4, 0.5) is 17.2 Å². The summed E-state index contributed by atoms with van der Waals surface area (Å²) in [6.45, 7) is 6.88. The van der Waals surface area contributed by atoms with Crippen molar-refractivity contribution in [3.8, 4) is 0 Å². The molecular weight excluding hydrogens is 444 g/mol. The minimum absolute atomic E-state index is 0.170. The molecule has 2 aliphatic heterocycles. The largest absolute Gasteiger partial charge is 0.368 e. The Balaban J connectivity index is 1.14. The molecule has 0 bridgehead atoms.